The fourth-order valence-corrected chi connectivity index (χ4v) is 0.674. The van der Waals surface area contributed by atoms with Crippen molar-refractivity contribution in [2.45, 2.75) is 19.8 Å². The number of aromatic nitrogens is 2. The molecule has 0 aromatic carbocycles. The molecule has 3 heteroatoms. The van der Waals surface area contributed by atoms with Crippen LogP contribution in [0.5, 0.6) is 0 Å². The zero-order valence-electron chi connectivity index (χ0n) is 6.43. The third-order valence-electron chi connectivity index (χ3n) is 1.28. The summed E-state index contributed by atoms with van der Waals surface area (Å²) < 4.78 is 1.77. The van der Waals surface area contributed by atoms with Crippen LogP contribution in [0.25, 0.3) is 0 Å². The first-order valence-corrected chi connectivity index (χ1v) is 3.11. The molecule has 0 atom stereocenters. The molecule has 0 fully saturated rings. The van der Waals surface area contributed by atoms with Crippen LogP contribution in [-0.4, -0.2) is 9.78 Å². The van der Waals surface area contributed by atoms with Crippen molar-refractivity contribution in [3.05, 3.63) is 18.0 Å². The van der Waals surface area contributed by atoms with Gasteiger partial charge in [-0.25, -0.2) is 0 Å². The van der Waals surface area contributed by atoms with Crippen LogP contribution in [0.1, 0.15) is 25.3 Å². The second kappa shape index (κ2) is 3.90. The van der Waals surface area contributed by atoms with Gasteiger partial charge in [0.1, 0.15) is 0 Å². The second-order valence-corrected chi connectivity index (χ2v) is 2.52. The Morgan fingerprint density at radius 1 is 1.60 bits per heavy atom. The average molecular weight is 309 g/mol. The Labute approximate surface area is 75.3 Å². The fraction of sp³-hybridized carbons (Fsp3) is 0.571. The Bertz CT molecular complexity index is 193. The van der Waals surface area contributed by atoms with Crippen molar-refractivity contribution in [1.82, 2.24) is 9.78 Å². The standard InChI is InChI=1S/C7H11N2.Re/c1-6(2)7-4-8-9(3)5-7;/h5-6H,1-3H3;/q-1;. The fourth-order valence-electron chi connectivity index (χ4n) is 0.674. The summed E-state index contributed by atoms with van der Waals surface area (Å²) in [6, 6.07) is 0. The van der Waals surface area contributed by atoms with Gasteiger partial charge in [-0.05, 0) is 0 Å². The minimum atomic E-state index is 0. The molecule has 1 rings (SSSR count). The number of nitrogens with zero attached hydrogens (tertiary/aromatic N) is 2. The molecule has 0 bridgehead atoms. The molecule has 0 saturated heterocycles. The van der Waals surface area contributed by atoms with Gasteiger partial charge in [-0.3, -0.25) is 0 Å². The van der Waals surface area contributed by atoms with Crippen molar-refractivity contribution in [3.8, 4) is 0 Å². The largest absolute Gasteiger partial charge is 0.372 e. The van der Waals surface area contributed by atoms with Crippen molar-refractivity contribution in [2.75, 3.05) is 0 Å². The molecule has 0 saturated carbocycles. The van der Waals surface area contributed by atoms with E-state index in [4.69, 9.17) is 0 Å². The van der Waals surface area contributed by atoms with Crippen molar-refractivity contribution < 1.29 is 20.4 Å². The van der Waals surface area contributed by atoms with Crippen molar-refractivity contribution >= 4 is 0 Å². The molecule has 0 spiro atoms. The zero-order valence-corrected chi connectivity index (χ0v) is 9.14. The molecule has 0 aliphatic carbocycles. The van der Waals surface area contributed by atoms with Gasteiger partial charge in [0, 0.05) is 27.5 Å². The van der Waals surface area contributed by atoms with Crippen LogP contribution in [0.2, 0.25) is 0 Å². The molecule has 1 aromatic rings. The summed E-state index contributed by atoms with van der Waals surface area (Å²) >= 11 is 0. The molecule has 1 aromatic heterocycles. The number of hydrogen-bond acceptors (Lipinski definition) is 1. The maximum atomic E-state index is 3.93. The monoisotopic (exact) mass is 310 g/mol. The molecule has 1 radical (unpaired) electrons. The van der Waals surface area contributed by atoms with Crippen LogP contribution in [0, 0.1) is 6.20 Å². The van der Waals surface area contributed by atoms with Crippen LogP contribution in [-0.2, 0) is 27.5 Å². The van der Waals surface area contributed by atoms with Crippen LogP contribution in [0.15, 0.2) is 6.20 Å². The van der Waals surface area contributed by atoms with Crippen molar-refractivity contribution in [2.24, 2.45) is 7.05 Å². The van der Waals surface area contributed by atoms with Gasteiger partial charge in [-0.15, -0.1) is 12.4 Å². The predicted molar refractivity (Wildman–Crippen MR) is 36.1 cm³/mol. The molecule has 0 aliphatic heterocycles. The Hall–Kier alpha value is -0.128. The first kappa shape index (κ1) is 9.87. The Morgan fingerprint density at radius 2 is 2.20 bits per heavy atom. The van der Waals surface area contributed by atoms with Crippen molar-refractivity contribution in [1.29, 1.82) is 0 Å². The third kappa shape index (κ3) is 2.24. The van der Waals surface area contributed by atoms with E-state index in [0.29, 0.717) is 5.92 Å². The molecule has 0 amide bonds. The van der Waals surface area contributed by atoms with E-state index >= 15 is 0 Å². The molecule has 1 heterocycles. The topological polar surface area (TPSA) is 17.8 Å². The van der Waals surface area contributed by atoms with Crippen LogP contribution >= 0.6 is 0 Å². The molecule has 0 aliphatic rings. The molecule has 2 nitrogen and oxygen atoms in total. The van der Waals surface area contributed by atoms with Gasteiger partial charge in [0.15, 0.2) is 0 Å². The Morgan fingerprint density at radius 3 is 2.40 bits per heavy atom. The van der Waals surface area contributed by atoms with Gasteiger partial charge in [0.25, 0.3) is 0 Å². The van der Waals surface area contributed by atoms with E-state index in [1.54, 1.807) is 4.68 Å². The summed E-state index contributed by atoms with van der Waals surface area (Å²) in [6.07, 6.45) is 4.91. The van der Waals surface area contributed by atoms with E-state index in [9.17, 15) is 0 Å². The summed E-state index contributed by atoms with van der Waals surface area (Å²) in [7, 11) is 1.91. The quantitative estimate of drug-likeness (QED) is 0.716. The smallest absolute Gasteiger partial charge is 0.00868 e. The van der Waals surface area contributed by atoms with Gasteiger partial charge in [-0.1, -0.05) is 19.8 Å². The first-order chi connectivity index (χ1) is 4.20. The summed E-state index contributed by atoms with van der Waals surface area (Å²) in [5, 5.41) is 3.93. The predicted octanol–water partition coefficient (Wildman–Crippen LogP) is 1.34. The first-order valence-electron chi connectivity index (χ1n) is 3.11. The van der Waals surface area contributed by atoms with Gasteiger partial charge in [0.2, 0.25) is 0 Å². The second-order valence-electron chi connectivity index (χ2n) is 2.52. The maximum Gasteiger partial charge on any atom is 0.00868 e. The zero-order chi connectivity index (χ0) is 6.85. The van der Waals surface area contributed by atoms with Gasteiger partial charge in [0.05, 0.1) is 0 Å². The van der Waals surface area contributed by atoms with E-state index in [1.165, 1.54) is 5.56 Å². The number of aryl methyl sites for hydroxylation is 1. The van der Waals surface area contributed by atoms with Gasteiger partial charge < -0.3 is 9.78 Å². The van der Waals surface area contributed by atoms with Crippen LogP contribution in [0.4, 0.5) is 0 Å². The number of hydrogen-bond donors (Lipinski definition) is 0. The number of rotatable bonds is 1. The normalized spacial score (nSPS) is 9.60. The van der Waals surface area contributed by atoms with Gasteiger partial charge >= 0.3 is 0 Å². The molecule has 0 unspecified atom stereocenters. The van der Waals surface area contributed by atoms with Gasteiger partial charge in [-0.2, -0.15) is 5.56 Å². The summed E-state index contributed by atoms with van der Waals surface area (Å²) in [5.41, 5.74) is 1.18. The Kier molecular flexibility index (Phi) is 3.85. The summed E-state index contributed by atoms with van der Waals surface area (Å²) in [5.74, 6) is 0.540. The minimum absolute atomic E-state index is 0. The minimum Gasteiger partial charge on any atom is -0.372 e. The molecule has 10 heavy (non-hydrogen) atoms. The molecular weight excluding hydrogens is 298 g/mol. The van der Waals surface area contributed by atoms with E-state index in [2.05, 4.69) is 25.1 Å². The van der Waals surface area contributed by atoms with Crippen LogP contribution in [0.3, 0.4) is 0 Å². The molecule has 57 valence electrons. The van der Waals surface area contributed by atoms with E-state index in [-0.39, 0.29) is 20.4 Å². The van der Waals surface area contributed by atoms with Crippen LogP contribution < -0.4 is 0 Å². The maximum absolute atomic E-state index is 3.93. The summed E-state index contributed by atoms with van der Waals surface area (Å²) in [6.45, 7) is 4.26. The summed E-state index contributed by atoms with van der Waals surface area (Å²) in [4.78, 5) is 0. The van der Waals surface area contributed by atoms with Crippen molar-refractivity contribution in [3.63, 3.8) is 0 Å². The SMILES string of the molecule is CC(C)c1[c-]nn(C)c1.[Re]. The third-order valence-corrected chi connectivity index (χ3v) is 1.28. The van der Waals surface area contributed by atoms with E-state index in [0.717, 1.165) is 0 Å². The average Bonchev–Trinajstić information content (AvgIpc) is 2.14. The molecule has 0 N–H and O–H groups in total. The Balaban J connectivity index is 0.000000810. The molecular formula is C7H11N2Re-. The van der Waals surface area contributed by atoms with E-state index < -0.39 is 0 Å². The van der Waals surface area contributed by atoms with E-state index in [1.807, 2.05) is 13.2 Å².